The molecular formula is C12H15ClN4O. The second kappa shape index (κ2) is 5.84. The van der Waals surface area contributed by atoms with E-state index >= 15 is 0 Å². The molecule has 18 heavy (non-hydrogen) atoms. The topological polar surface area (TPSA) is 63.0 Å². The number of halogens is 1. The SMILES string of the molecule is Cc1ccc(-n2cnnc2)cc1NCC(O)CCl. The molecule has 0 saturated carbocycles. The van der Waals surface area contributed by atoms with Crippen molar-refractivity contribution in [2.24, 2.45) is 0 Å². The van der Waals surface area contributed by atoms with Crippen LogP contribution >= 0.6 is 11.6 Å². The number of nitrogens with zero attached hydrogens (tertiary/aromatic N) is 3. The van der Waals surface area contributed by atoms with Gasteiger partial charge in [0.15, 0.2) is 0 Å². The Kier molecular flexibility index (Phi) is 4.17. The highest BCUT2D eigenvalue weighted by Crippen LogP contribution is 2.19. The van der Waals surface area contributed by atoms with Gasteiger partial charge in [-0.15, -0.1) is 21.8 Å². The molecule has 0 aliphatic carbocycles. The molecule has 0 radical (unpaired) electrons. The van der Waals surface area contributed by atoms with Gasteiger partial charge in [-0.05, 0) is 24.6 Å². The van der Waals surface area contributed by atoms with Crippen LogP contribution in [0.2, 0.25) is 0 Å². The molecule has 96 valence electrons. The van der Waals surface area contributed by atoms with Gasteiger partial charge in [-0.2, -0.15) is 0 Å². The molecule has 0 fully saturated rings. The van der Waals surface area contributed by atoms with Crippen molar-refractivity contribution in [3.8, 4) is 5.69 Å². The number of alkyl halides is 1. The van der Waals surface area contributed by atoms with E-state index in [0.29, 0.717) is 6.54 Å². The number of benzene rings is 1. The van der Waals surface area contributed by atoms with Gasteiger partial charge in [-0.3, -0.25) is 4.57 Å². The number of anilines is 1. The summed E-state index contributed by atoms with van der Waals surface area (Å²) in [6.07, 6.45) is 2.73. The first-order valence-corrected chi connectivity index (χ1v) is 6.17. The third kappa shape index (κ3) is 3.00. The number of hydrogen-bond donors (Lipinski definition) is 2. The van der Waals surface area contributed by atoms with Crippen molar-refractivity contribution in [2.45, 2.75) is 13.0 Å². The Morgan fingerprint density at radius 1 is 1.39 bits per heavy atom. The lowest BCUT2D eigenvalue weighted by Gasteiger charge is -2.13. The largest absolute Gasteiger partial charge is 0.390 e. The van der Waals surface area contributed by atoms with Gasteiger partial charge in [0, 0.05) is 12.2 Å². The summed E-state index contributed by atoms with van der Waals surface area (Å²) < 4.78 is 1.82. The Morgan fingerprint density at radius 2 is 2.11 bits per heavy atom. The Morgan fingerprint density at radius 3 is 2.78 bits per heavy atom. The molecule has 5 nitrogen and oxygen atoms in total. The van der Waals surface area contributed by atoms with Gasteiger partial charge in [0.2, 0.25) is 0 Å². The predicted octanol–water partition coefficient (Wildman–Crippen LogP) is 1.59. The number of nitrogens with one attached hydrogen (secondary N) is 1. The van der Waals surface area contributed by atoms with E-state index in [1.165, 1.54) is 0 Å². The summed E-state index contributed by atoms with van der Waals surface area (Å²) in [5.41, 5.74) is 3.03. The van der Waals surface area contributed by atoms with E-state index in [4.69, 9.17) is 11.6 Å². The van der Waals surface area contributed by atoms with Crippen molar-refractivity contribution in [1.29, 1.82) is 0 Å². The standard InChI is InChI=1S/C12H15ClN4O/c1-9-2-3-10(17-7-15-16-8-17)4-12(9)14-6-11(18)5-13/h2-4,7-8,11,14,18H,5-6H2,1H3. The summed E-state index contributed by atoms with van der Waals surface area (Å²) in [5, 5.41) is 20.2. The Balaban J connectivity index is 2.17. The Hall–Kier alpha value is -1.59. The molecule has 1 unspecified atom stereocenters. The maximum atomic E-state index is 9.44. The summed E-state index contributed by atoms with van der Waals surface area (Å²) >= 11 is 5.56. The normalized spacial score (nSPS) is 12.4. The van der Waals surface area contributed by atoms with Crippen LogP contribution in [0.5, 0.6) is 0 Å². The fourth-order valence-corrected chi connectivity index (χ4v) is 1.69. The first-order valence-electron chi connectivity index (χ1n) is 5.64. The molecule has 0 saturated heterocycles. The average molecular weight is 267 g/mol. The second-order valence-electron chi connectivity index (χ2n) is 4.06. The summed E-state index contributed by atoms with van der Waals surface area (Å²) in [4.78, 5) is 0. The third-order valence-electron chi connectivity index (χ3n) is 2.64. The van der Waals surface area contributed by atoms with E-state index in [0.717, 1.165) is 16.9 Å². The van der Waals surface area contributed by atoms with Crippen LogP contribution in [0.25, 0.3) is 5.69 Å². The smallest absolute Gasteiger partial charge is 0.123 e. The highest BCUT2D eigenvalue weighted by Gasteiger charge is 2.05. The van der Waals surface area contributed by atoms with Gasteiger partial charge >= 0.3 is 0 Å². The maximum absolute atomic E-state index is 9.44. The van der Waals surface area contributed by atoms with Gasteiger partial charge in [-0.1, -0.05) is 6.07 Å². The van der Waals surface area contributed by atoms with Gasteiger partial charge in [0.05, 0.1) is 17.7 Å². The molecule has 0 amide bonds. The van der Waals surface area contributed by atoms with E-state index in [2.05, 4.69) is 15.5 Å². The number of aryl methyl sites for hydroxylation is 1. The van der Waals surface area contributed by atoms with E-state index in [-0.39, 0.29) is 5.88 Å². The minimum absolute atomic E-state index is 0.219. The summed E-state index contributed by atoms with van der Waals surface area (Å²) in [6.45, 7) is 2.43. The minimum Gasteiger partial charge on any atom is -0.390 e. The Bertz CT molecular complexity index is 501. The van der Waals surface area contributed by atoms with Gasteiger partial charge < -0.3 is 10.4 Å². The van der Waals surface area contributed by atoms with Crippen molar-refractivity contribution >= 4 is 17.3 Å². The van der Waals surface area contributed by atoms with Crippen LogP contribution in [0, 0.1) is 6.92 Å². The van der Waals surface area contributed by atoms with Crippen molar-refractivity contribution in [3.05, 3.63) is 36.4 Å². The molecule has 1 aromatic carbocycles. The van der Waals surface area contributed by atoms with Crippen LogP contribution in [0.15, 0.2) is 30.9 Å². The fourth-order valence-electron chi connectivity index (χ4n) is 1.58. The van der Waals surface area contributed by atoms with Gasteiger partial charge in [0.1, 0.15) is 12.7 Å². The molecule has 0 spiro atoms. The molecule has 6 heteroatoms. The number of aliphatic hydroxyl groups is 1. The van der Waals surface area contributed by atoms with Crippen molar-refractivity contribution in [2.75, 3.05) is 17.7 Å². The molecule has 0 aliphatic heterocycles. The van der Waals surface area contributed by atoms with Crippen LogP contribution in [-0.2, 0) is 0 Å². The third-order valence-corrected chi connectivity index (χ3v) is 3.00. The van der Waals surface area contributed by atoms with E-state index in [9.17, 15) is 5.11 Å². The van der Waals surface area contributed by atoms with Crippen LogP contribution in [0.1, 0.15) is 5.56 Å². The lowest BCUT2D eigenvalue weighted by molar-refractivity contribution is 0.211. The lowest BCUT2D eigenvalue weighted by atomic mass is 10.1. The van der Waals surface area contributed by atoms with E-state index in [1.54, 1.807) is 12.7 Å². The van der Waals surface area contributed by atoms with Crippen LogP contribution in [-0.4, -0.2) is 38.4 Å². The molecule has 2 rings (SSSR count). The highest BCUT2D eigenvalue weighted by molar-refractivity contribution is 6.18. The lowest BCUT2D eigenvalue weighted by Crippen LogP contribution is -2.21. The number of aliphatic hydroxyl groups excluding tert-OH is 1. The first-order chi connectivity index (χ1) is 8.70. The molecule has 1 heterocycles. The first kappa shape index (κ1) is 12.9. The zero-order chi connectivity index (χ0) is 13.0. The molecule has 0 bridgehead atoms. The van der Waals surface area contributed by atoms with Crippen molar-refractivity contribution < 1.29 is 5.11 Å². The zero-order valence-electron chi connectivity index (χ0n) is 10.0. The highest BCUT2D eigenvalue weighted by atomic mass is 35.5. The monoisotopic (exact) mass is 266 g/mol. The van der Waals surface area contributed by atoms with E-state index < -0.39 is 6.10 Å². The van der Waals surface area contributed by atoms with Crippen molar-refractivity contribution in [1.82, 2.24) is 14.8 Å². The maximum Gasteiger partial charge on any atom is 0.123 e. The molecule has 1 aromatic heterocycles. The molecule has 2 aromatic rings. The summed E-state index contributed by atoms with van der Waals surface area (Å²) in [6, 6.07) is 5.98. The molecule has 0 aliphatic rings. The number of aromatic nitrogens is 3. The minimum atomic E-state index is -0.551. The molecule has 2 N–H and O–H groups in total. The van der Waals surface area contributed by atoms with Crippen LogP contribution < -0.4 is 5.32 Å². The van der Waals surface area contributed by atoms with E-state index in [1.807, 2.05) is 29.7 Å². The number of rotatable bonds is 5. The predicted molar refractivity (Wildman–Crippen MR) is 71.3 cm³/mol. The van der Waals surface area contributed by atoms with Crippen LogP contribution in [0.4, 0.5) is 5.69 Å². The quantitative estimate of drug-likeness (QED) is 0.807. The van der Waals surface area contributed by atoms with Gasteiger partial charge in [-0.25, -0.2) is 0 Å². The van der Waals surface area contributed by atoms with Gasteiger partial charge in [0.25, 0.3) is 0 Å². The summed E-state index contributed by atoms with van der Waals surface area (Å²) in [5.74, 6) is 0.219. The van der Waals surface area contributed by atoms with Crippen molar-refractivity contribution in [3.63, 3.8) is 0 Å². The zero-order valence-corrected chi connectivity index (χ0v) is 10.8. The fraction of sp³-hybridized carbons (Fsp3) is 0.333. The number of hydrogen-bond acceptors (Lipinski definition) is 4. The second-order valence-corrected chi connectivity index (χ2v) is 4.37. The molecule has 1 atom stereocenters. The Labute approximate surface area is 110 Å². The molecular weight excluding hydrogens is 252 g/mol. The summed E-state index contributed by atoms with van der Waals surface area (Å²) in [7, 11) is 0. The average Bonchev–Trinajstić information content (AvgIpc) is 2.91. The van der Waals surface area contributed by atoms with Crippen LogP contribution in [0.3, 0.4) is 0 Å².